The SMILES string of the molecule is CSCCC(NC(=O)C1CCCN1)C(=O)NC(CCCN=C(N)N)C(=O)NC(Cc1cnc[nH]1)C(=O)O. The van der Waals surface area contributed by atoms with E-state index in [2.05, 4.69) is 36.2 Å². The lowest BCUT2D eigenvalue weighted by atomic mass is 10.1. The van der Waals surface area contributed by atoms with Gasteiger partial charge in [0.15, 0.2) is 5.96 Å². The normalized spacial score (nSPS) is 17.3. The molecule has 0 aliphatic carbocycles. The summed E-state index contributed by atoms with van der Waals surface area (Å²) in [5, 5.41) is 20.7. The molecule has 1 aliphatic rings. The lowest BCUT2D eigenvalue weighted by Gasteiger charge is -2.25. The number of imidazole rings is 1. The third kappa shape index (κ3) is 10.7. The van der Waals surface area contributed by atoms with Crippen LogP contribution in [0.5, 0.6) is 0 Å². The molecule has 1 fully saturated rings. The second-order valence-electron chi connectivity index (χ2n) is 8.68. The molecule has 1 aromatic heterocycles. The number of hydrogen-bond donors (Lipinski definition) is 8. The number of aromatic amines is 1. The zero-order valence-electron chi connectivity index (χ0n) is 20.9. The number of guanidine groups is 1. The van der Waals surface area contributed by atoms with Gasteiger partial charge >= 0.3 is 5.97 Å². The van der Waals surface area contributed by atoms with Gasteiger partial charge in [-0.15, -0.1) is 0 Å². The Balaban J connectivity index is 2.11. The number of carboxylic acid groups (broad SMARTS) is 1. The zero-order chi connectivity index (χ0) is 27.2. The second-order valence-corrected chi connectivity index (χ2v) is 9.67. The lowest BCUT2D eigenvalue weighted by molar-refractivity contribution is -0.142. The Kier molecular flexibility index (Phi) is 12.7. The first kappa shape index (κ1) is 29.9. The van der Waals surface area contributed by atoms with Crippen molar-refractivity contribution in [2.45, 2.75) is 62.7 Å². The van der Waals surface area contributed by atoms with Crippen molar-refractivity contribution in [2.75, 3.05) is 25.1 Å². The maximum atomic E-state index is 13.2. The van der Waals surface area contributed by atoms with Crippen molar-refractivity contribution in [3.63, 3.8) is 0 Å². The second kappa shape index (κ2) is 15.7. The van der Waals surface area contributed by atoms with Crippen molar-refractivity contribution in [3.8, 4) is 0 Å². The topological polar surface area (TPSA) is 230 Å². The Morgan fingerprint density at radius 2 is 1.86 bits per heavy atom. The number of carbonyl (C=O) groups is 4. The van der Waals surface area contributed by atoms with Crippen LogP contribution in [0.2, 0.25) is 0 Å². The molecule has 37 heavy (non-hydrogen) atoms. The fraction of sp³-hybridized carbons (Fsp3) is 0.636. The van der Waals surface area contributed by atoms with Gasteiger partial charge in [0.1, 0.15) is 18.1 Å². The van der Waals surface area contributed by atoms with E-state index in [1.54, 1.807) is 0 Å². The van der Waals surface area contributed by atoms with Crippen LogP contribution in [0.25, 0.3) is 0 Å². The van der Waals surface area contributed by atoms with Gasteiger partial charge in [-0.05, 0) is 50.7 Å². The molecule has 0 saturated carbocycles. The minimum Gasteiger partial charge on any atom is -0.480 e. The van der Waals surface area contributed by atoms with E-state index in [4.69, 9.17) is 11.5 Å². The van der Waals surface area contributed by atoms with Crippen LogP contribution in [0.4, 0.5) is 0 Å². The quantitative estimate of drug-likeness (QED) is 0.0657. The van der Waals surface area contributed by atoms with Gasteiger partial charge in [0, 0.05) is 24.9 Å². The summed E-state index contributed by atoms with van der Waals surface area (Å²) in [6.07, 6.45) is 7.18. The average molecular weight is 540 g/mol. The largest absolute Gasteiger partial charge is 0.480 e. The molecule has 2 heterocycles. The Morgan fingerprint density at radius 3 is 2.43 bits per heavy atom. The van der Waals surface area contributed by atoms with Gasteiger partial charge in [-0.25, -0.2) is 9.78 Å². The van der Waals surface area contributed by atoms with Crippen molar-refractivity contribution in [1.29, 1.82) is 0 Å². The standard InChI is InChI=1S/C22H37N9O5S/c1-37-9-6-16(30-18(32)14-4-2-7-26-14)20(34)29-15(5-3-8-27-22(23)24)19(33)31-17(21(35)36)10-13-11-25-12-28-13/h11-12,14-17,26H,2-10H2,1H3,(H,25,28)(H,29,34)(H,30,32)(H,31,33)(H,35,36)(H4,23,24,27). The highest BCUT2D eigenvalue weighted by Crippen LogP contribution is 2.09. The molecule has 1 aromatic rings. The number of thioether (sulfide) groups is 1. The van der Waals surface area contributed by atoms with E-state index in [1.165, 1.54) is 24.3 Å². The van der Waals surface area contributed by atoms with Gasteiger partial charge in [0.25, 0.3) is 0 Å². The summed E-state index contributed by atoms with van der Waals surface area (Å²) in [6.45, 7) is 0.958. The predicted molar refractivity (Wildman–Crippen MR) is 140 cm³/mol. The van der Waals surface area contributed by atoms with Gasteiger partial charge in [0.05, 0.1) is 12.4 Å². The molecule has 2 rings (SSSR count). The first-order valence-corrected chi connectivity index (χ1v) is 13.5. The lowest BCUT2D eigenvalue weighted by Crippen LogP contribution is -2.57. The maximum absolute atomic E-state index is 13.2. The first-order chi connectivity index (χ1) is 17.7. The molecule has 0 aromatic carbocycles. The van der Waals surface area contributed by atoms with E-state index in [9.17, 15) is 24.3 Å². The third-order valence-electron chi connectivity index (χ3n) is 5.79. The van der Waals surface area contributed by atoms with Crippen molar-refractivity contribution in [3.05, 3.63) is 18.2 Å². The summed E-state index contributed by atoms with van der Waals surface area (Å²) < 4.78 is 0. The van der Waals surface area contributed by atoms with E-state index < -0.39 is 35.9 Å². The molecule has 0 spiro atoms. The molecular formula is C22H37N9O5S. The van der Waals surface area contributed by atoms with E-state index in [-0.39, 0.29) is 37.3 Å². The molecule has 10 N–H and O–H groups in total. The Labute approximate surface area is 219 Å². The van der Waals surface area contributed by atoms with Crippen LogP contribution in [0, 0.1) is 0 Å². The van der Waals surface area contributed by atoms with E-state index >= 15 is 0 Å². The number of carbonyl (C=O) groups excluding carboxylic acids is 3. The fourth-order valence-corrected chi connectivity index (χ4v) is 4.29. The summed E-state index contributed by atoms with van der Waals surface area (Å²) >= 11 is 1.53. The van der Waals surface area contributed by atoms with Crippen molar-refractivity contribution in [1.82, 2.24) is 31.2 Å². The molecule has 1 aliphatic heterocycles. The first-order valence-electron chi connectivity index (χ1n) is 12.1. The number of hydrogen-bond acceptors (Lipinski definition) is 8. The fourth-order valence-electron chi connectivity index (χ4n) is 3.82. The van der Waals surface area contributed by atoms with Crippen molar-refractivity contribution >= 4 is 41.4 Å². The van der Waals surface area contributed by atoms with Crippen LogP contribution in [-0.2, 0) is 25.6 Å². The van der Waals surface area contributed by atoms with Gasteiger partial charge in [-0.3, -0.25) is 19.4 Å². The molecule has 3 amide bonds. The number of aliphatic carboxylic acids is 1. The number of H-pyrrole nitrogens is 1. The van der Waals surface area contributed by atoms with Gasteiger partial charge < -0.3 is 42.8 Å². The number of nitrogens with two attached hydrogens (primary N) is 2. The zero-order valence-corrected chi connectivity index (χ0v) is 21.7. The van der Waals surface area contributed by atoms with Gasteiger partial charge in [-0.1, -0.05) is 0 Å². The average Bonchev–Trinajstić information content (AvgIpc) is 3.57. The molecule has 0 bridgehead atoms. The minimum atomic E-state index is -1.24. The number of rotatable bonds is 16. The van der Waals surface area contributed by atoms with Gasteiger partial charge in [0.2, 0.25) is 17.7 Å². The molecule has 1 saturated heterocycles. The molecule has 206 valence electrons. The number of nitrogens with zero attached hydrogens (tertiary/aromatic N) is 2. The van der Waals surface area contributed by atoms with Crippen molar-refractivity contribution < 1.29 is 24.3 Å². The molecule has 4 atom stereocenters. The summed E-state index contributed by atoms with van der Waals surface area (Å²) in [4.78, 5) is 61.3. The smallest absolute Gasteiger partial charge is 0.326 e. The minimum absolute atomic E-state index is 0.0173. The van der Waals surface area contributed by atoms with Crippen LogP contribution in [0.3, 0.4) is 0 Å². The molecule has 15 heteroatoms. The summed E-state index contributed by atoms with van der Waals surface area (Å²) in [5.41, 5.74) is 11.2. The van der Waals surface area contributed by atoms with E-state index in [0.29, 0.717) is 30.7 Å². The van der Waals surface area contributed by atoms with Crippen LogP contribution >= 0.6 is 11.8 Å². The third-order valence-corrected chi connectivity index (χ3v) is 6.44. The number of aromatic nitrogens is 2. The van der Waals surface area contributed by atoms with Crippen LogP contribution < -0.4 is 32.7 Å². The highest BCUT2D eigenvalue weighted by Gasteiger charge is 2.31. The summed E-state index contributed by atoms with van der Waals surface area (Å²) in [5.74, 6) is -2.18. The monoisotopic (exact) mass is 539 g/mol. The highest BCUT2D eigenvalue weighted by atomic mass is 32.2. The molecule has 0 radical (unpaired) electrons. The number of carboxylic acids is 1. The Hall–Kier alpha value is -3.33. The highest BCUT2D eigenvalue weighted by molar-refractivity contribution is 7.98. The molecule has 4 unspecified atom stereocenters. The summed E-state index contributed by atoms with van der Waals surface area (Å²) in [7, 11) is 0. The van der Waals surface area contributed by atoms with Crippen LogP contribution in [0.15, 0.2) is 17.5 Å². The Morgan fingerprint density at radius 1 is 1.16 bits per heavy atom. The van der Waals surface area contributed by atoms with Gasteiger partial charge in [-0.2, -0.15) is 11.8 Å². The maximum Gasteiger partial charge on any atom is 0.326 e. The van der Waals surface area contributed by atoms with Crippen LogP contribution in [0.1, 0.15) is 37.8 Å². The van der Waals surface area contributed by atoms with E-state index in [0.717, 1.165) is 13.0 Å². The molecule has 14 nitrogen and oxygen atoms in total. The summed E-state index contributed by atoms with van der Waals surface area (Å²) in [6, 6.07) is -3.52. The van der Waals surface area contributed by atoms with E-state index in [1.807, 2.05) is 6.26 Å². The predicted octanol–water partition coefficient (Wildman–Crippen LogP) is -1.95. The van der Waals surface area contributed by atoms with Crippen LogP contribution in [-0.4, -0.2) is 94.0 Å². The number of aliphatic imine (C=N–C) groups is 1. The van der Waals surface area contributed by atoms with Crippen molar-refractivity contribution in [2.24, 2.45) is 16.5 Å². The Bertz CT molecular complexity index is 918. The number of amides is 3. The molecular weight excluding hydrogens is 502 g/mol. The number of nitrogens with one attached hydrogen (secondary N) is 5.